The summed E-state index contributed by atoms with van der Waals surface area (Å²) >= 11 is 3.35. The van der Waals surface area contributed by atoms with Crippen LogP contribution in [0.4, 0.5) is 8.78 Å². The summed E-state index contributed by atoms with van der Waals surface area (Å²) in [5.41, 5.74) is 6.86. The molecule has 0 radical (unpaired) electrons. The van der Waals surface area contributed by atoms with Crippen LogP contribution in [0, 0.1) is 13.8 Å². The van der Waals surface area contributed by atoms with Crippen molar-refractivity contribution in [3.63, 3.8) is 0 Å². The lowest BCUT2D eigenvalue weighted by Gasteiger charge is -2.17. The van der Waals surface area contributed by atoms with Crippen LogP contribution in [0.25, 0.3) is 0 Å². The lowest BCUT2D eigenvalue weighted by molar-refractivity contribution is -0.0108. The molecule has 84 valence electrons. The molecule has 0 heterocycles. The van der Waals surface area contributed by atoms with Gasteiger partial charge in [0.15, 0.2) is 0 Å². The minimum absolute atomic E-state index is 0.0127. The number of rotatable bonds is 3. The highest BCUT2D eigenvalue weighted by Gasteiger charge is 2.31. The number of hydrogen-bond donors (Lipinski definition) is 1. The molecule has 4 heteroatoms. The molecule has 0 unspecified atom stereocenters. The minimum Gasteiger partial charge on any atom is -0.330 e. The minimum atomic E-state index is -2.83. The lowest BCUT2D eigenvalue weighted by atomic mass is 10.0. The molecule has 0 amide bonds. The Bertz CT molecular complexity index is 341. The van der Waals surface area contributed by atoms with Gasteiger partial charge < -0.3 is 5.73 Å². The van der Waals surface area contributed by atoms with E-state index in [4.69, 9.17) is 5.73 Å². The fourth-order valence-electron chi connectivity index (χ4n) is 1.48. The Labute approximate surface area is 96.8 Å². The largest absolute Gasteiger partial charge is 0.330 e. The van der Waals surface area contributed by atoms with Crippen molar-refractivity contribution in [1.29, 1.82) is 0 Å². The monoisotopic (exact) mass is 277 g/mol. The van der Waals surface area contributed by atoms with Gasteiger partial charge in [-0.3, -0.25) is 0 Å². The molecule has 1 aromatic carbocycles. The molecule has 0 saturated carbocycles. The topological polar surface area (TPSA) is 26.0 Å². The molecule has 15 heavy (non-hydrogen) atoms. The van der Waals surface area contributed by atoms with Crippen LogP contribution in [0.2, 0.25) is 0 Å². The van der Waals surface area contributed by atoms with Crippen LogP contribution in [0.3, 0.4) is 0 Å². The molecule has 1 aromatic rings. The number of aryl methyl sites for hydroxylation is 2. The Morgan fingerprint density at radius 2 is 1.73 bits per heavy atom. The number of hydrogen-bond acceptors (Lipinski definition) is 1. The average Bonchev–Trinajstić information content (AvgIpc) is 2.13. The van der Waals surface area contributed by atoms with Crippen molar-refractivity contribution in [2.24, 2.45) is 5.73 Å². The molecule has 0 fully saturated rings. The SMILES string of the molecule is Cc1cc(C(F)(F)CCN)cc(C)c1Br. The highest BCUT2D eigenvalue weighted by Crippen LogP contribution is 2.34. The summed E-state index contributed by atoms with van der Waals surface area (Å²) in [6, 6.07) is 3.01. The lowest BCUT2D eigenvalue weighted by Crippen LogP contribution is -2.19. The van der Waals surface area contributed by atoms with Crippen LogP contribution in [-0.4, -0.2) is 6.54 Å². The maximum Gasteiger partial charge on any atom is 0.274 e. The van der Waals surface area contributed by atoms with Gasteiger partial charge >= 0.3 is 0 Å². The van der Waals surface area contributed by atoms with Crippen LogP contribution in [-0.2, 0) is 5.92 Å². The molecule has 1 nitrogen and oxygen atoms in total. The third-order valence-electron chi connectivity index (χ3n) is 2.32. The van der Waals surface area contributed by atoms with Crippen LogP contribution in [0.5, 0.6) is 0 Å². The van der Waals surface area contributed by atoms with Gasteiger partial charge in [-0.2, -0.15) is 0 Å². The van der Waals surface area contributed by atoms with E-state index in [0.29, 0.717) is 0 Å². The Kier molecular flexibility index (Phi) is 3.84. The molecule has 0 saturated heterocycles. The molecular formula is C11H14BrF2N. The number of halogens is 3. The quantitative estimate of drug-likeness (QED) is 0.899. The number of benzene rings is 1. The van der Waals surface area contributed by atoms with Crippen LogP contribution in [0.1, 0.15) is 23.1 Å². The zero-order valence-corrected chi connectivity index (χ0v) is 10.4. The summed E-state index contributed by atoms with van der Waals surface area (Å²) < 4.78 is 28.0. The normalized spacial score (nSPS) is 11.9. The summed E-state index contributed by atoms with van der Waals surface area (Å²) in [6.07, 6.45) is -0.312. The van der Waals surface area contributed by atoms with Crippen molar-refractivity contribution >= 4 is 15.9 Å². The zero-order chi connectivity index (χ0) is 11.6. The molecule has 0 aromatic heterocycles. The van der Waals surface area contributed by atoms with E-state index in [9.17, 15) is 8.78 Å². The molecule has 2 N–H and O–H groups in total. The predicted octanol–water partition coefficient (Wildman–Crippen LogP) is 3.51. The number of nitrogens with two attached hydrogens (primary N) is 1. The van der Waals surface area contributed by atoms with Crippen LogP contribution >= 0.6 is 15.9 Å². The van der Waals surface area contributed by atoms with Gasteiger partial charge in [-0.05, 0) is 43.7 Å². The van der Waals surface area contributed by atoms with E-state index in [1.54, 1.807) is 13.8 Å². The Balaban J connectivity index is 3.16. The molecule has 0 bridgehead atoms. The van der Waals surface area contributed by atoms with Crippen LogP contribution in [0.15, 0.2) is 16.6 Å². The first kappa shape index (κ1) is 12.6. The highest BCUT2D eigenvalue weighted by molar-refractivity contribution is 9.10. The van der Waals surface area contributed by atoms with Gasteiger partial charge in [-0.15, -0.1) is 0 Å². The molecule has 0 aliphatic rings. The molecule has 0 spiro atoms. The third-order valence-corrected chi connectivity index (χ3v) is 3.57. The summed E-state index contributed by atoms with van der Waals surface area (Å²) in [6.45, 7) is 3.60. The van der Waals surface area contributed by atoms with Gasteiger partial charge in [-0.1, -0.05) is 15.9 Å². The second-order valence-electron chi connectivity index (χ2n) is 3.67. The van der Waals surface area contributed by atoms with E-state index in [1.165, 1.54) is 12.1 Å². The van der Waals surface area contributed by atoms with Gasteiger partial charge in [0.05, 0.1) is 0 Å². The van der Waals surface area contributed by atoms with E-state index >= 15 is 0 Å². The van der Waals surface area contributed by atoms with Gasteiger partial charge in [-0.25, -0.2) is 8.78 Å². The molecule has 0 atom stereocenters. The Morgan fingerprint density at radius 3 is 2.13 bits per heavy atom. The first-order valence-corrected chi connectivity index (χ1v) is 5.53. The maximum atomic E-state index is 13.6. The summed E-state index contributed by atoms with van der Waals surface area (Å²) in [5.74, 6) is -2.83. The number of alkyl halides is 2. The Morgan fingerprint density at radius 1 is 1.27 bits per heavy atom. The van der Waals surface area contributed by atoms with Gasteiger partial charge in [0.2, 0.25) is 0 Å². The first-order chi connectivity index (χ1) is 6.88. The highest BCUT2D eigenvalue weighted by atomic mass is 79.9. The van der Waals surface area contributed by atoms with E-state index in [-0.39, 0.29) is 18.5 Å². The van der Waals surface area contributed by atoms with Gasteiger partial charge in [0, 0.05) is 16.5 Å². The van der Waals surface area contributed by atoms with E-state index < -0.39 is 5.92 Å². The van der Waals surface area contributed by atoms with E-state index in [0.717, 1.165) is 15.6 Å². The zero-order valence-electron chi connectivity index (χ0n) is 8.78. The van der Waals surface area contributed by atoms with E-state index in [1.807, 2.05) is 0 Å². The second kappa shape index (κ2) is 4.58. The van der Waals surface area contributed by atoms with Crippen molar-refractivity contribution in [1.82, 2.24) is 0 Å². The van der Waals surface area contributed by atoms with Crippen molar-refractivity contribution in [3.05, 3.63) is 33.3 Å². The van der Waals surface area contributed by atoms with Crippen molar-refractivity contribution < 1.29 is 8.78 Å². The average molecular weight is 278 g/mol. The van der Waals surface area contributed by atoms with Gasteiger partial charge in [0.1, 0.15) is 0 Å². The Hall–Kier alpha value is -0.480. The summed E-state index contributed by atoms with van der Waals surface area (Å²) in [7, 11) is 0. The standard InChI is InChI=1S/C11H14BrF2N/c1-7-5-9(6-8(2)10(7)12)11(13,14)3-4-15/h5-6H,3-4,15H2,1-2H3. The van der Waals surface area contributed by atoms with Gasteiger partial charge in [0.25, 0.3) is 5.92 Å². The third kappa shape index (κ3) is 2.75. The van der Waals surface area contributed by atoms with Crippen LogP contribution < -0.4 is 5.73 Å². The maximum absolute atomic E-state index is 13.6. The van der Waals surface area contributed by atoms with Crippen molar-refractivity contribution in [2.75, 3.05) is 6.54 Å². The summed E-state index contributed by atoms with van der Waals surface area (Å²) in [5, 5.41) is 0. The van der Waals surface area contributed by atoms with Crippen molar-refractivity contribution in [2.45, 2.75) is 26.2 Å². The van der Waals surface area contributed by atoms with E-state index in [2.05, 4.69) is 15.9 Å². The molecule has 0 aliphatic heterocycles. The fraction of sp³-hybridized carbons (Fsp3) is 0.455. The second-order valence-corrected chi connectivity index (χ2v) is 4.46. The first-order valence-electron chi connectivity index (χ1n) is 4.73. The molecular weight excluding hydrogens is 264 g/mol. The molecule has 0 aliphatic carbocycles. The molecule has 1 rings (SSSR count). The predicted molar refractivity (Wildman–Crippen MR) is 61.2 cm³/mol. The smallest absolute Gasteiger partial charge is 0.274 e. The summed E-state index contributed by atoms with van der Waals surface area (Å²) in [4.78, 5) is 0. The van der Waals surface area contributed by atoms with Crippen molar-refractivity contribution in [3.8, 4) is 0 Å². The fourth-order valence-corrected chi connectivity index (χ4v) is 1.71.